The molecule has 6 heteroatoms. The zero-order valence-corrected chi connectivity index (χ0v) is 14.7. The molecule has 2 unspecified atom stereocenters. The number of amides is 1. The molecule has 132 valence electrons. The number of nitrogens with one attached hydrogen (secondary N) is 1. The van der Waals surface area contributed by atoms with E-state index in [-0.39, 0.29) is 18.1 Å². The van der Waals surface area contributed by atoms with Crippen LogP contribution in [0.1, 0.15) is 13.8 Å². The van der Waals surface area contributed by atoms with Crippen molar-refractivity contribution in [1.29, 1.82) is 0 Å². The van der Waals surface area contributed by atoms with E-state index in [1.807, 2.05) is 55.1 Å². The molecule has 0 saturated heterocycles. The molecule has 0 fully saturated rings. The molecule has 2 aromatic carbocycles. The first kappa shape index (κ1) is 17.0. The van der Waals surface area contributed by atoms with Gasteiger partial charge in [-0.1, -0.05) is 12.1 Å². The summed E-state index contributed by atoms with van der Waals surface area (Å²) in [5.74, 6) is 1.23. The second kappa shape index (κ2) is 6.93. The molecule has 0 aliphatic carbocycles. The molecule has 1 aliphatic rings. The van der Waals surface area contributed by atoms with Crippen LogP contribution in [0.3, 0.4) is 0 Å². The minimum Gasteiger partial charge on any atom is -0.495 e. The molecule has 3 rings (SSSR count). The number of carbonyl (C=O) groups excluding carboxylic acids is 1. The SMILES string of the molecule is COc1ccccc1NC(=O)C(C)N1CC(C)Oc2cc(N)ccc21. The highest BCUT2D eigenvalue weighted by molar-refractivity contribution is 5.98. The van der Waals surface area contributed by atoms with E-state index >= 15 is 0 Å². The van der Waals surface area contributed by atoms with Crippen LogP contribution in [0.2, 0.25) is 0 Å². The first-order chi connectivity index (χ1) is 12.0. The van der Waals surface area contributed by atoms with Crippen LogP contribution in [0.4, 0.5) is 17.1 Å². The molecule has 0 aromatic heterocycles. The van der Waals surface area contributed by atoms with Gasteiger partial charge in [0.05, 0.1) is 25.0 Å². The maximum Gasteiger partial charge on any atom is 0.246 e. The standard InChI is InChI=1S/C19H23N3O3/c1-12-11-22(16-9-8-14(20)10-18(16)25-12)13(2)19(23)21-15-6-4-5-7-17(15)24-3/h4-10,12-13H,11,20H2,1-3H3,(H,21,23). The largest absolute Gasteiger partial charge is 0.495 e. The van der Waals surface area contributed by atoms with Gasteiger partial charge in [-0.25, -0.2) is 0 Å². The lowest BCUT2D eigenvalue weighted by Gasteiger charge is -2.38. The van der Waals surface area contributed by atoms with Crippen molar-refractivity contribution in [2.24, 2.45) is 0 Å². The lowest BCUT2D eigenvalue weighted by molar-refractivity contribution is -0.117. The van der Waals surface area contributed by atoms with Gasteiger partial charge in [-0.15, -0.1) is 0 Å². The number of benzene rings is 2. The van der Waals surface area contributed by atoms with E-state index in [0.29, 0.717) is 29.4 Å². The topological polar surface area (TPSA) is 76.8 Å². The van der Waals surface area contributed by atoms with Gasteiger partial charge < -0.3 is 25.4 Å². The van der Waals surface area contributed by atoms with E-state index < -0.39 is 0 Å². The monoisotopic (exact) mass is 341 g/mol. The highest BCUT2D eigenvalue weighted by Crippen LogP contribution is 2.36. The van der Waals surface area contributed by atoms with Gasteiger partial charge in [0.25, 0.3) is 0 Å². The molecule has 2 aromatic rings. The number of carbonyl (C=O) groups is 1. The van der Waals surface area contributed by atoms with E-state index in [9.17, 15) is 4.79 Å². The Bertz CT molecular complexity index is 778. The summed E-state index contributed by atoms with van der Waals surface area (Å²) in [7, 11) is 1.58. The van der Waals surface area contributed by atoms with Gasteiger partial charge in [0.15, 0.2) is 0 Å². The number of methoxy groups -OCH3 is 1. The summed E-state index contributed by atoms with van der Waals surface area (Å²) >= 11 is 0. The van der Waals surface area contributed by atoms with E-state index in [2.05, 4.69) is 5.32 Å². The Morgan fingerprint density at radius 2 is 2.12 bits per heavy atom. The Morgan fingerprint density at radius 1 is 1.36 bits per heavy atom. The van der Waals surface area contributed by atoms with Crippen molar-refractivity contribution in [2.75, 3.05) is 29.6 Å². The maximum atomic E-state index is 12.8. The summed E-state index contributed by atoms with van der Waals surface area (Å²) in [5.41, 5.74) is 8.01. The number of hydrogen-bond donors (Lipinski definition) is 2. The quantitative estimate of drug-likeness (QED) is 0.836. The predicted octanol–water partition coefficient (Wildman–Crippen LogP) is 2.89. The van der Waals surface area contributed by atoms with Crippen molar-refractivity contribution >= 4 is 23.0 Å². The van der Waals surface area contributed by atoms with Crippen molar-refractivity contribution in [1.82, 2.24) is 0 Å². The number of nitrogens with two attached hydrogens (primary N) is 1. The van der Waals surface area contributed by atoms with E-state index in [4.69, 9.17) is 15.2 Å². The van der Waals surface area contributed by atoms with Crippen LogP contribution < -0.4 is 25.4 Å². The Balaban J connectivity index is 1.83. The summed E-state index contributed by atoms with van der Waals surface area (Å²) in [5, 5.41) is 2.94. The molecule has 6 nitrogen and oxygen atoms in total. The Labute approximate surface area is 147 Å². The highest BCUT2D eigenvalue weighted by atomic mass is 16.5. The molecule has 1 amide bonds. The third-order valence-corrected chi connectivity index (χ3v) is 4.29. The number of nitrogen functional groups attached to an aromatic ring is 1. The Kier molecular flexibility index (Phi) is 4.70. The number of hydrogen-bond acceptors (Lipinski definition) is 5. The summed E-state index contributed by atoms with van der Waals surface area (Å²) in [6.07, 6.45) is -0.0317. The van der Waals surface area contributed by atoms with Gasteiger partial charge >= 0.3 is 0 Å². The minimum atomic E-state index is -0.376. The molecule has 0 bridgehead atoms. The molecule has 1 heterocycles. The van der Waals surface area contributed by atoms with Crippen molar-refractivity contribution in [3.8, 4) is 11.5 Å². The van der Waals surface area contributed by atoms with Crippen molar-refractivity contribution in [3.63, 3.8) is 0 Å². The molecular formula is C19H23N3O3. The van der Waals surface area contributed by atoms with Crippen molar-refractivity contribution < 1.29 is 14.3 Å². The zero-order chi connectivity index (χ0) is 18.0. The number of rotatable bonds is 4. The second-order valence-corrected chi connectivity index (χ2v) is 6.17. The van der Waals surface area contributed by atoms with E-state index in [0.717, 1.165) is 5.69 Å². The Morgan fingerprint density at radius 3 is 2.88 bits per heavy atom. The summed E-state index contributed by atoms with van der Waals surface area (Å²) in [6, 6.07) is 12.5. The molecule has 0 radical (unpaired) electrons. The van der Waals surface area contributed by atoms with Gasteiger partial charge in [-0.3, -0.25) is 4.79 Å². The van der Waals surface area contributed by atoms with Gasteiger partial charge in [0.1, 0.15) is 23.6 Å². The van der Waals surface area contributed by atoms with Crippen molar-refractivity contribution in [2.45, 2.75) is 26.0 Å². The summed E-state index contributed by atoms with van der Waals surface area (Å²) in [6.45, 7) is 4.48. The lowest BCUT2D eigenvalue weighted by Crippen LogP contribution is -2.48. The van der Waals surface area contributed by atoms with Gasteiger partial charge in [0.2, 0.25) is 5.91 Å². The number of nitrogens with zero attached hydrogens (tertiary/aromatic N) is 1. The average molecular weight is 341 g/mol. The maximum absolute atomic E-state index is 12.8. The number of para-hydroxylation sites is 2. The van der Waals surface area contributed by atoms with Crippen LogP contribution in [-0.2, 0) is 4.79 Å². The molecular weight excluding hydrogens is 318 g/mol. The van der Waals surface area contributed by atoms with E-state index in [1.54, 1.807) is 13.2 Å². The number of fused-ring (bicyclic) bond motifs is 1. The molecule has 1 aliphatic heterocycles. The van der Waals surface area contributed by atoms with Crippen LogP contribution in [0.5, 0.6) is 11.5 Å². The van der Waals surface area contributed by atoms with Crippen LogP contribution in [-0.4, -0.2) is 31.7 Å². The first-order valence-corrected chi connectivity index (χ1v) is 8.26. The van der Waals surface area contributed by atoms with Crippen LogP contribution in [0, 0.1) is 0 Å². The third-order valence-electron chi connectivity index (χ3n) is 4.29. The highest BCUT2D eigenvalue weighted by Gasteiger charge is 2.30. The lowest BCUT2D eigenvalue weighted by atomic mass is 10.1. The van der Waals surface area contributed by atoms with Crippen LogP contribution >= 0.6 is 0 Å². The second-order valence-electron chi connectivity index (χ2n) is 6.17. The van der Waals surface area contributed by atoms with Gasteiger partial charge in [-0.2, -0.15) is 0 Å². The van der Waals surface area contributed by atoms with E-state index in [1.165, 1.54) is 0 Å². The van der Waals surface area contributed by atoms with Gasteiger partial charge in [0, 0.05) is 11.8 Å². The number of ether oxygens (including phenoxy) is 2. The normalized spacial score (nSPS) is 17.2. The van der Waals surface area contributed by atoms with Crippen LogP contribution in [0.25, 0.3) is 0 Å². The van der Waals surface area contributed by atoms with Gasteiger partial charge in [-0.05, 0) is 38.1 Å². The molecule has 25 heavy (non-hydrogen) atoms. The zero-order valence-electron chi connectivity index (χ0n) is 14.7. The molecule has 0 saturated carbocycles. The third kappa shape index (κ3) is 3.47. The Hall–Kier alpha value is -2.89. The molecule has 0 spiro atoms. The molecule has 2 atom stereocenters. The van der Waals surface area contributed by atoms with Crippen LogP contribution in [0.15, 0.2) is 42.5 Å². The minimum absolute atomic E-state index is 0.0317. The smallest absolute Gasteiger partial charge is 0.246 e. The first-order valence-electron chi connectivity index (χ1n) is 8.26. The number of anilines is 3. The predicted molar refractivity (Wildman–Crippen MR) is 99.4 cm³/mol. The fraction of sp³-hybridized carbons (Fsp3) is 0.316. The fourth-order valence-corrected chi connectivity index (χ4v) is 2.99. The fourth-order valence-electron chi connectivity index (χ4n) is 2.99. The summed E-state index contributed by atoms with van der Waals surface area (Å²) in [4.78, 5) is 14.8. The summed E-state index contributed by atoms with van der Waals surface area (Å²) < 4.78 is 11.1. The average Bonchev–Trinajstić information content (AvgIpc) is 2.60. The van der Waals surface area contributed by atoms with Crippen molar-refractivity contribution in [3.05, 3.63) is 42.5 Å². The molecule has 3 N–H and O–H groups in total.